The van der Waals surface area contributed by atoms with Gasteiger partial charge in [-0.15, -0.1) is 11.8 Å². The lowest BCUT2D eigenvalue weighted by atomic mass is 10.1. The summed E-state index contributed by atoms with van der Waals surface area (Å²) >= 11 is 1.62. The molecule has 1 N–H and O–H groups in total. The standard InChI is InChI=1S/C17H12N4O2S/c1-24-15-4-2-3-13(9-15)19-17-12(10-18)7-11-8-14(21(22)23)5-6-16(11)20-17/h2-9H,1H3,(H,19,20). The largest absolute Gasteiger partial charge is 0.339 e. The molecule has 0 aliphatic carbocycles. The minimum absolute atomic E-state index is 0.0263. The van der Waals surface area contributed by atoms with E-state index in [1.54, 1.807) is 23.9 Å². The lowest BCUT2D eigenvalue weighted by molar-refractivity contribution is -0.384. The van der Waals surface area contributed by atoms with Gasteiger partial charge in [0.25, 0.3) is 5.69 Å². The number of nitrogens with zero attached hydrogens (tertiary/aromatic N) is 3. The highest BCUT2D eigenvalue weighted by Crippen LogP contribution is 2.27. The van der Waals surface area contributed by atoms with Crippen LogP contribution in [0.15, 0.2) is 53.4 Å². The van der Waals surface area contributed by atoms with Gasteiger partial charge < -0.3 is 5.32 Å². The van der Waals surface area contributed by atoms with Crippen LogP contribution in [0.1, 0.15) is 5.56 Å². The van der Waals surface area contributed by atoms with Crippen LogP contribution in [-0.4, -0.2) is 16.2 Å². The number of nitriles is 1. The second-order valence-electron chi connectivity index (χ2n) is 4.99. The molecule has 0 fully saturated rings. The number of nitrogens with one attached hydrogen (secondary N) is 1. The van der Waals surface area contributed by atoms with E-state index in [-0.39, 0.29) is 5.69 Å². The summed E-state index contributed by atoms with van der Waals surface area (Å²) in [6, 6.07) is 15.9. The van der Waals surface area contributed by atoms with Crippen molar-refractivity contribution >= 4 is 39.9 Å². The molecule has 118 valence electrons. The average molecular weight is 336 g/mol. The van der Waals surface area contributed by atoms with E-state index in [1.165, 1.54) is 12.1 Å². The Bertz CT molecular complexity index is 982. The number of nitro benzene ring substituents is 1. The summed E-state index contributed by atoms with van der Waals surface area (Å²) in [5.41, 5.74) is 1.72. The first-order valence-corrected chi connectivity index (χ1v) is 8.23. The Morgan fingerprint density at radius 1 is 1.25 bits per heavy atom. The normalized spacial score (nSPS) is 10.3. The molecule has 6 nitrogen and oxygen atoms in total. The molecule has 3 aromatic rings. The summed E-state index contributed by atoms with van der Waals surface area (Å²) in [5, 5.41) is 23.9. The van der Waals surface area contributed by atoms with Gasteiger partial charge >= 0.3 is 0 Å². The molecule has 0 unspecified atom stereocenters. The lowest BCUT2D eigenvalue weighted by Crippen LogP contribution is -1.98. The summed E-state index contributed by atoms with van der Waals surface area (Å²) in [7, 11) is 0. The number of pyridine rings is 1. The monoisotopic (exact) mass is 336 g/mol. The number of benzene rings is 2. The maximum absolute atomic E-state index is 10.9. The van der Waals surface area contributed by atoms with Crippen LogP contribution in [0.25, 0.3) is 10.9 Å². The van der Waals surface area contributed by atoms with Gasteiger partial charge in [-0.2, -0.15) is 5.26 Å². The van der Waals surface area contributed by atoms with Gasteiger partial charge in [-0.3, -0.25) is 10.1 Å². The molecule has 0 amide bonds. The van der Waals surface area contributed by atoms with E-state index in [2.05, 4.69) is 16.4 Å². The van der Waals surface area contributed by atoms with Crippen LogP contribution in [0.5, 0.6) is 0 Å². The zero-order chi connectivity index (χ0) is 17.1. The maximum Gasteiger partial charge on any atom is 0.270 e. The molecule has 0 bridgehead atoms. The Morgan fingerprint density at radius 2 is 2.08 bits per heavy atom. The third kappa shape index (κ3) is 3.14. The Morgan fingerprint density at radius 3 is 2.79 bits per heavy atom. The molecule has 0 atom stereocenters. The van der Waals surface area contributed by atoms with Gasteiger partial charge in [-0.1, -0.05) is 6.07 Å². The minimum atomic E-state index is -0.467. The molecule has 1 aromatic heterocycles. The fraction of sp³-hybridized carbons (Fsp3) is 0.0588. The Kier molecular flexibility index (Phi) is 4.31. The van der Waals surface area contributed by atoms with Crippen LogP contribution in [0.3, 0.4) is 0 Å². The van der Waals surface area contributed by atoms with E-state index < -0.39 is 4.92 Å². The quantitative estimate of drug-likeness (QED) is 0.429. The van der Waals surface area contributed by atoms with Crippen molar-refractivity contribution in [2.75, 3.05) is 11.6 Å². The summed E-state index contributed by atoms with van der Waals surface area (Å²) in [6.07, 6.45) is 1.99. The van der Waals surface area contributed by atoms with E-state index in [1.807, 2.05) is 30.5 Å². The molecule has 0 saturated heterocycles. The molecular formula is C17H12N4O2S. The second kappa shape index (κ2) is 6.56. The molecule has 0 aliphatic rings. The van der Waals surface area contributed by atoms with E-state index in [9.17, 15) is 15.4 Å². The van der Waals surface area contributed by atoms with Crippen molar-refractivity contribution in [3.63, 3.8) is 0 Å². The lowest BCUT2D eigenvalue weighted by Gasteiger charge is -2.09. The summed E-state index contributed by atoms with van der Waals surface area (Å²) in [5.74, 6) is 0.428. The Labute approximate surface area is 142 Å². The highest BCUT2D eigenvalue weighted by Gasteiger charge is 2.11. The predicted molar refractivity (Wildman–Crippen MR) is 94.6 cm³/mol. The van der Waals surface area contributed by atoms with Crippen molar-refractivity contribution in [3.05, 3.63) is 64.2 Å². The second-order valence-corrected chi connectivity index (χ2v) is 5.87. The Balaban J connectivity index is 2.05. The summed E-state index contributed by atoms with van der Waals surface area (Å²) in [6.45, 7) is 0. The first kappa shape index (κ1) is 15.8. The number of rotatable bonds is 4. The molecule has 0 spiro atoms. The number of non-ortho nitro benzene ring substituents is 1. The molecule has 0 aliphatic heterocycles. The molecule has 0 saturated carbocycles. The van der Waals surface area contributed by atoms with E-state index in [4.69, 9.17) is 0 Å². The molecule has 7 heteroatoms. The van der Waals surface area contributed by atoms with Crippen molar-refractivity contribution in [1.29, 1.82) is 5.26 Å². The van der Waals surface area contributed by atoms with Crippen LogP contribution in [-0.2, 0) is 0 Å². The number of thioether (sulfide) groups is 1. The van der Waals surface area contributed by atoms with Gasteiger partial charge in [0, 0.05) is 28.1 Å². The SMILES string of the molecule is CSc1cccc(Nc2nc3ccc([N+](=O)[O-])cc3cc2C#N)c1. The van der Waals surface area contributed by atoms with Crippen molar-refractivity contribution < 1.29 is 4.92 Å². The number of fused-ring (bicyclic) bond motifs is 1. The maximum atomic E-state index is 10.9. The van der Waals surface area contributed by atoms with E-state index >= 15 is 0 Å². The summed E-state index contributed by atoms with van der Waals surface area (Å²) in [4.78, 5) is 15.9. The fourth-order valence-corrected chi connectivity index (χ4v) is 2.75. The third-order valence-electron chi connectivity index (χ3n) is 3.46. The fourth-order valence-electron chi connectivity index (χ4n) is 2.30. The highest BCUT2D eigenvalue weighted by molar-refractivity contribution is 7.98. The smallest absolute Gasteiger partial charge is 0.270 e. The van der Waals surface area contributed by atoms with Crippen LogP contribution in [0.4, 0.5) is 17.2 Å². The number of aromatic nitrogens is 1. The van der Waals surface area contributed by atoms with Gasteiger partial charge in [0.2, 0.25) is 0 Å². The van der Waals surface area contributed by atoms with Crippen molar-refractivity contribution in [1.82, 2.24) is 4.98 Å². The minimum Gasteiger partial charge on any atom is -0.339 e. The van der Waals surface area contributed by atoms with Gasteiger partial charge in [0.05, 0.1) is 16.0 Å². The number of hydrogen-bond acceptors (Lipinski definition) is 6. The highest BCUT2D eigenvalue weighted by atomic mass is 32.2. The number of hydrogen-bond donors (Lipinski definition) is 1. The topological polar surface area (TPSA) is 91.8 Å². The van der Waals surface area contributed by atoms with Gasteiger partial charge in [-0.25, -0.2) is 4.98 Å². The molecular weight excluding hydrogens is 324 g/mol. The van der Waals surface area contributed by atoms with Gasteiger partial charge in [0.1, 0.15) is 11.9 Å². The van der Waals surface area contributed by atoms with E-state index in [0.717, 1.165) is 10.6 Å². The van der Waals surface area contributed by atoms with Crippen molar-refractivity contribution in [2.24, 2.45) is 0 Å². The summed E-state index contributed by atoms with van der Waals surface area (Å²) < 4.78 is 0. The molecule has 2 aromatic carbocycles. The molecule has 1 heterocycles. The first-order chi connectivity index (χ1) is 11.6. The molecule has 24 heavy (non-hydrogen) atoms. The van der Waals surface area contributed by atoms with Crippen molar-refractivity contribution in [3.8, 4) is 6.07 Å². The predicted octanol–water partition coefficient (Wildman–Crippen LogP) is 4.48. The average Bonchev–Trinajstić information content (AvgIpc) is 2.60. The molecule has 0 radical (unpaired) electrons. The zero-order valence-electron chi connectivity index (χ0n) is 12.7. The zero-order valence-corrected chi connectivity index (χ0v) is 13.5. The van der Waals surface area contributed by atoms with Crippen LogP contribution < -0.4 is 5.32 Å². The van der Waals surface area contributed by atoms with Crippen LogP contribution >= 0.6 is 11.8 Å². The van der Waals surface area contributed by atoms with Gasteiger partial charge in [-0.05, 0) is 36.6 Å². The number of nitro groups is 1. The van der Waals surface area contributed by atoms with Gasteiger partial charge in [0.15, 0.2) is 0 Å². The van der Waals surface area contributed by atoms with Crippen molar-refractivity contribution in [2.45, 2.75) is 4.90 Å². The Hall–Kier alpha value is -3.11. The van der Waals surface area contributed by atoms with E-state index in [0.29, 0.717) is 22.3 Å². The van der Waals surface area contributed by atoms with Crippen LogP contribution in [0.2, 0.25) is 0 Å². The first-order valence-electron chi connectivity index (χ1n) is 7.01. The van der Waals surface area contributed by atoms with Crippen LogP contribution in [0, 0.1) is 21.4 Å². The molecule has 3 rings (SSSR count). The third-order valence-corrected chi connectivity index (χ3v) is 4.19. The number of anilines is 2.